The first-order valence-electron chi connectivity index (χ1n) is 3.79. The molecule has 2 rings (SSSR count). The largest absolute Gasteiger partial charge is 0.392 e. The standard InChI is InChI=1S/C8H8BrN3O/c1-12-3-5(4-13)7-8(12)10-2-6(9)11-7/h2-3,13H,4H2,1H3. The van der Waals surface area contributed by atoms with Crippen LogP contribution in [0.2, 0.25) is 0 Å². The van der Waals surface area contributed by atoms with Gasteiger partial charge in [-0.15, -0.1) is 0 Å². The van der Waals surface area contributed by atoms with Crippen molar-refractivity contribution in [3.05, 3.63) is 22.6 Å². The molecule has 1 N–H and O–H groups in total. The molecule has 0 saturated heterocycles. The summed E-state index contributed by atoms with van der Waals surface area (Å²) in [6.45, 7) is -0.0114. The zero-order chi connectivity index (χ0) is 9.42. The van der Waals surface area contributed by atoms with Crippen molar-refractivity contribution in [3.63, 3.8) is 0 Å². The van der Waals surface area contributed by atoms with Gasteiger partial charge in [-0.3, -0.25) is 0 Å². The molecule has 68 valence electrons. The third kappa shape index (κ3) is 1.34. The molecule has 2 aromatic rings. The van der Waals surface area contributed by atoms with Crippen molar-refractivity contribution in [3.8, 4) is 0 Å². The van der Waals surface area contributed by atoms with E-state index in [1.165, 1.54) is 0 Å². The number of hydrogen-bond donors (Lipinski definition) is 1. The molecule has 0 spiro atoms. The highest BCUT2D eigenvalue weighted by molar-refractivity contribution is 9.10. The Balaban J connectivity index is 2.81. The van der Waals surface area contributed by atoms with Gasteiger partial charge < -0.3 is 9.67 Å². The number of hydrogen-bond acceptors (Lipinski definition) is 3. The van der Waals surface area contributed by atoms with Crippen LogP contribution in [0.1, 0.15) is 5.56 Å². The molecule has 0 aliphatic rings. The van der Waals surface area contributed by atoms with E-state index >= 15 is 0 Å². The summed E-state index contributed by atoms with van der Waals surface area (Å²) in [6, 6.07) is 0. The smallest absolute Gasteiger partial charge is 0.158 e. The molecule has 13 heavy (non-hydrogen) atoms. The summed E-state index contributed by atoms with van der Waals surface area (Å²) in [5.74, 6) is 0. The molecule has 0 bridgehead atoms. The van der Waals surface area contributed by atoms with Gasteiger partial charge in [0.2, 0.25) is 0 Å². The zero-order valence-corrected chi connectivity index (χ0v) is 8.61. The lowest BCUT2D eigenvalue weighted by Crippen LogP contribution is -1.88. The van der Waals surface area contributed by atoms with Crippen LogP contribution < -0.4 is 0 Å². The average molecular weight is 242 g/mol. The van der Waals surface area contributed by atoms with Crippen molar-refractivity contribution in [1.82, 2.24) is 14.5 Å². The number of nitrogens with zero attached hydrogens (tertiary/aromatic N) is 3. The number of rotatable bonds is 1. The summed E-state index contributed by atoms with van der Waals surface area (Å²) in [4.78, 5) is 8.43. The summed E-state index contributed by atoms with van der Waals surface area (Å²) < 4.78 is 2.53. The highest BCUT2D eigenvalue weighted by atomic mass is 79.9. The lowest BCUT2D eigenvalue weighted by atomic mass is 10.3. The van der Waals surface area contributed by atoms with Crippen LogP contribution in [0.3, 0.4) is 0 Å². The highest BCUT2D eigenvalue weighted by Crippen LogP contribution is 2.18. The van der Waals surface area contributed by atoms with E-state index in [1.54, 1.807) is 6.20 Å². The first-order valence-corrected chi connectivity index (χ1v) is 4.59. The SMILES string of the molecule is Cn1cc(CO)c2nc(Br)cnc21. The lowest BCUT2D eigenvalue weighted by molar-refractivity contribution is 0.283. The Morgan fingerprint density at radius 1 is 1.62 bits per heavy atom. The van der Waals surface area contributed by atoms with E-state index in [0.717, 1.165) is 16.7 Å². The predicted octanol–water partition coefficient (Wildman–Crippen LogP) is 1.22. The quantitative estimate of drug-likeness (QED) is 0.818. The number of halogens is 1. The van der Waals surface area contributed by atoms with Crippen molar-refractivity contribution in [2.45, 2.75) is 6.61 Å². The summed E-state index contributed by atoms with van der Waals surface area (Å²) in [6.07, 6.45) is 3.47. The van der Waals surface area contributed by atoms with Crippen LogP contribution in [0, 0.1) is 0 Å². The van der Waals surface area contributed by atoms with Crippen LogP contribution in [0.15, 0.2) is 17.0 Å². The highest BCUT2D eigenvalue weighted by Gasteiger charge is 2.08. The van der Waals surface area contributed by atoms with Crippen LogP contribution in [-0.2, 0) is 13.7 Å². The van der Waals surface area contributed by atoms with Gasteiger partial charge in [0.15, 0.2) is 5.65 Å². The van der Waals surface area contributed by atoms with Crippen molar-refractivity contribution < 1.29 is 5.11 Å². The molecule has 5 heteroatoms. The molecule has 0 aliphatic carbocycles. The Morgan fingerprint density at radius 2 is 2.38 bits per heavy atom. The number of aromatic nitrogens is 3. The summed E-state index contributed by atoms with van der Waals surface area (Å²) >= 11 is 3.24. The molecule has 0 atom stereocenters. The fourth-order valence-corrected chi connectivity index (χ4v) is 1.59. The van der Waals surface area contributed by atoms with Crippen LogP contribution in [0.25, 0.3) is 11.2 Å². The summed E-state index contributed by atoms with van der Waals surface area (Å²) in [5, 5.41) is 9.04. The molecule has 0 unspecified atom stereocenters. The third-order valence-corrected chi connectivity index (χ3v) is 2.26. The maximum absolute atomic E-state index is 9.04. The van der Waals surface area contributed by atoms with Gasteiger partial charge in [-0.05, 0) is 15.9 Å². The van der Waals surface area contributed by atoms with E-state index in [0.29, 0.717) is 4.60 Å². The van der Waals surface area contributed by atoms with Gasteiger partial charge >= 0.3 is 0 Å². The second-order valence-electron chi connectivity index (χ2n) is 2.79. The number of aliphatic hydroxyl groups is 1. The molecule has 2 heterocycles. The second-order valence-corrected chi connectivity index (χ2v) is 3.60. The topological polar surface area (TPSA) is 50.9 Å². The Hall–Kier alpha value is -0.940. The Labute approximate surface area is 83.4 Å². The minimum Gasteiger partial charge on any atom is -0.392 e. The van der Waals surface area contributed by atoms with E-state index in [4.69, 9.17) is 5.11 Å². The Kier molecular flexibility index (Phi) is 2.05. The fraction of sp³-hybridized carbons (Fsp3) is 0.250. The van der Waals surface area contributed by atoms with Crippen molar-refractivity contribution in [1.29, 1.82) is 0 Å². The Morgan fingerprint density at radius 3 is 3.08 bits per heavy atom. The van der Waals surface area contributed by atoms with Gasteiger partial charge in [0.1, 0.15) is 10.1 Å². The predicted molar refractivity (Wildman–Crippen MR) is 52.1 cm³/mol. The van der Waals surface area contributed by atoms with Gasteiger partial charge in [0, 0.05) is 18.8 Å². The van der Waals surface area contributed by atoms with E-state index < -0.39 is 0 Å². The van der Waals surface area contributed by atoms with Gasteiger partial charge in [-0.2, -0.15) is 0 Å². The molecule has 4 nitrogen and oxygen atoms in total. The first kappa shape index (κ1) is 8.65. The van der Waals surface area contributed by atoms with E-state index in [-0.39, 0.29) is 6.61 Å². The minimum absolute atomic E-state index is 0.0114. The van der Waals surface area contributed by atoms with Crippen LogP contribution in [0.5, 0.6) is 0 Å². The molecule has 0 saturated carbocycles. The zero-order valence-electron chi connectivity index (χ0n) is 7.03. The molecule has 0 radical (unpaired) electrons. The summed E-state index contributed by atoms with van der Waals surface area (Å²) in [7, 11) is 1.88. The van der Waals surface area contributed by atoms with E-state index in [2.05, 4.69) is 25.9 Å². The van der Waals surface area contributed by atoms with Crippen molar-refractivity contribution >= 4 is 27.1 Å². The van der Waals surface area contributed by atoms with Gasteiger partial charge in [0.25, 0.3) is 0 Å². The molecule has 2 aromatic heterocycles. The monoisotopic (exact) mass is 241 g/mol. The summed E-state index contributed by atoms with van der Waals surface area (Å²) in [5.41, 5.74) is 2.33. The van der Waals surface area contributed by atoms with Gasteiger partial charge in [-0.25, -0.2) is 9.97 Å². The molecule has 0 fully saturated rings. The fourth-order valence-electron chi connectivity index (χ4n) is 1.31. The number of aryl methyl sites for hydroxylation is 1. The molecule has 0 aliphatic heterocycles. The van der Waals surface area contributed by atoms with Gasteiger partial charge in [0.05, 0.1) is 12.8 Å². The second kappa shape index (κ2) is 3.08. The van der Waals surface area contributed by atoms with Crippen molar-refractivity contribution in [2.75, 3.05) is 0 Å². The minimum atomic E-state index is -0.0114. The Bertz CT molecular complexity index is 452. The van der Waals surface area contributed by atoms with Gasteiger partial charge in [-0.1, -0.05) is 0 Å². The maximum Gasteiger partial charge on any atom is 0.158 e. The van der Waals surface area contributed by atoms with Crippen LogP contribution in [0.4, 0.5) is 0 Å². The maximum atomic E-state index is 9.04. The first-order chi connectivity index (χ1) is 6.22. The van der Waals surface area contributed by atoms with Crippen LogP contribution in [-0.4, -0.2) is 19.6 Å². The molecule has 0 aromatic carbocycles. The van der Waals surface area contributed by atoms with Crippen molar-refractivity contribution in [2.24, 2.45) is 7.05 Å². The molecular weight excluding hydrogens is 234 g/mol. The number of aliphatic hydroxyl groups excluding tert-OH is 1. The lowest BCUT2D eigenvalue weighted by Gasteiger charge is -1.94. The number of fused-ring (bicyclic) bond motifs is 1. The average Bonchev–Trinajstić information content (AvgIpc) is 2.42. The van der Waals surface area contributed by atoms with E-state index in [9.17, 15) is 0 Å². The molecule has 0 amide bonds. The normalized spacial score (nSPS) is 11.0. The van der Waals surface area contributed by atoms with E-state index in [1.807, 2.05) is 17.8 Å². The molecular formula is C8H8BrN3O. The van der Waals surface area contributed by atoms with Crippen LogP contribution >= 0.6 is 15.9 Å². The third-order valence-electron chi connectivity index (χ3n) is 1.88.